The lowest BCUT2D eigenvalue weighted by Crippen LogP contribution is -2.19. The van der Waals surface area contributed by atoms with Gasteiger partial charge in [-0.2, -0.15) is 0 Å². The summed E-state index contributed by atoms with van der Waals surface area (Å²) in [5, 5.41) is 10.6. The molecule has 1 aromatic heterocycles. The number of hydrogen-bond donors (Lipinski definition) is 3. The molecular weight excluding hydrogens is 512 g/mol. The number of thioether (sulfide) groups is 1. The number of amides is 3. The van der Waals surface area contributed by atoms with Gasteiger partial charge in [-0.3, -0.25) is 4.79 Å². The number of nitrogens with one attached hydrogen (secondary N) is 3. The molecule has 8 heteroatoms. The summed E-state index contributed by atoms with van der Waals surface area (Å²) in [4.78, 5) is 31.2. The van der Waals surface area contributed by atoms with E-state index in [4.69, 9.17) is 0 Å². The fourth-order valence-electron chi connectivity index (χ4n) is 3.71. The smallest absolute Gasteiger partial charge is 0.308 e. The number of thiazole rings is 1. The zero-order valence-electron chi connectivity index (χ0n) is 20.2. The molecule has 1 unspecified atom stereocenters. The molecule has 0 aliphatic carbocycles. The largest absolute Gasteiger partial charge is 0.323 e. The Morgan fingerprint density at radius 3 is 1.92 bits per heavy atom. The molecular formula is C30H24N4O2S2. The SMILES string of the molecule is O=C(Nc1ccccc1)Nc1ccc(SC(C(=O)Nc2nc(-c3ccccc3)cs2)c2ccccc2)cc1. The highest BCUT2D eigenvalue weighted by atomic mass is 32.2. The number of rotatable bonds is 8. The van der Waals surface area contributed by atoms with Crippen LogP contribution in [-0.2, 0) is 4.79 Å². The van der Waals surface area contributed by atoms with Crippen LogP contribution in [0, 0.1) is 0 Å². The molecule has 3 N–H and O–H groups in total. The normalized spacial score (nSPS) is 11.4. The molecule has 38 heavy (non-hydrogen) atoms. The van der Waals surface area contributed by atoms with Gasteiger partial charge < -0.3 is 16.0 Å². The van der Waals surface area contributed by atoms with Crippen LogP contribution in [0.1, 0.15) is 10.8 Å². The molecule has 188 valence electrons. The Hall–Kier alpha value is -4.40. The second kappa shape index (κ2) is 12.2. The number of anilines is 3. The fraction of sp³-hybridized carbons (Fsp3) is 0.0333. The first-order chi connectivity index (χ1) is 18.6. The summed E-state index contributed by atoms with van der Waals surface area (Å²) in [6, 6.07) is 35.9. The van der Waals surface area contributed by atoms with Gasteiger partial charge in [-0.1, -0.05) is 78.9 Å². The molecule has 0 saturated carbocycles. The zero-order valence-corrected chi connectivity index (χ0v) is 21.8. The Morgan fingerprint density at radius 1 is 0.684 bits per heavy atom. The third-order valence-electron chi connectivity index (χ3n) is 5.54. The van der Waals surface area contributed by atoms with Crippen LogP contribution in [0.5, 0.6) is 0 Å². The summed E-state index contributed by atoms with van der Waals surface area (Å²) in [7, 11) is 0. The van der Waals surface area contributed by atoms with Gasteiger partial charge in [-0.05, 0) is 42.0 Å². The van der Waals surface area contributed by atoms with Crippen molar-refractivity contribution in [3.05, 3.63) is 126 Å². The summed E-state index contributed by atoms with van der Waals surface area (Å²) in [5.74, 6) is -0.153. The van der Waals surface area contributed by atoms with Crippen molar-refractivity contribution in [2.45, 2.75) is 10.1 Å². The third kappa shape index (κ3) is 6.67. The average molecular weight is 537 g/mol. The molecule has 0 aliphatic rings. The molecule has 0 bridgehead atoms. The van der Waals surface area contributed by atoms with Crippen LogP contribution >= 0.6 is 23.1 Å². The number of para-hydroxylation sites is 1. The Balaban J connectivity index is 1.26. The van der Waals surface area contributed by atoms with Crippen LogP contribution in [0.3, 0.4) is 0 Å². The van der Waals surface area contributed by atoms with Gasteiger partial charge in [-0.25, -0.2) is 9.78 Å². The Morgan fingerprint density at radius 2 is 1.26 bits per heavy atom. The third-order valence-corrected chi connectivity index (χ3v) is 7.57. The summed E-state index contributed by atoms with van der Waals surface area (Å²) in [6.45, 7) is 0. The number of nitrogens with zero attached hydrogens (tertiary/aromatic N) is 1. The molecule has 5 rings (SSSR count). The summed E-state index contributed by atoms with van der Waals surface area (Å²) >= 11 is 2.84. The van der Waals surface area contributed by atoms with E-state index < -0.39 is 5.25 Å². The van der Waals surface area contributed by atoms with Crippen molar-refractivity contribution >= 4 is 51.5 Å². The Labute approximate surface area is 229 Å². The number of urea groups is 1. The van der Waals surface area contributed by atoms with Gasteiger partial charge in [0.2, 0.25) is 5.91 Å². The van der Waals surface area contributed by atoms with Crippen LogP contribution in [-0.4, -0.2) is 16.9 Å². The van der Waals surface area contributed by atoms with Crippen molar-refractivity contribution in [1.82, 2.24) is 4.98 Å². The minimum absolute atomic E-state index is 0.153. The van der Waals surface area contributed by atoms with Crippen LogP contribution in [0.25, 0.3) is 11.3 Å². The predicted molar refractivity (Wildman–Crippen MR) is 157 cm³/mol. The topological polar surface area (TPSA) is 83.1 Å². The lowest BCUT2D eigenvalue weighted by molar-refractivity contribution is -0.115. The van der Waals surface area contributed by atoms with Gasteiger partial charge in [-0.15, -0.1) is 23.1 Å². The first kappa shape index (κ1) is 25.3. The highest BCUT2D eigenvalue weighted by Crippen LogP contribution is 2.37. The molecule has 4 aromatic carbocycles. The lowest BCUT2D eigenvalue weighted by atomic mass is 10.1. The molecule has 0 fully saturated rings. The molecule has 0 radical (unpaired) electrons. The maximum Gasteiger partial charge on any atom is 0.323 e. The Kier molecular flexibility index (Phi) is 8.13. The minimum atomic E-state index is -0.486. The van der Waals surface area contributed by atoms with Gasteiger partial charge in [0.25, 0.3) is 0 Å². The second-order valence-electron chi connectivity index (χ2n) is 8.27. The maximum atomic E-state index is 13.4. The lowest BCUT2D eigenvalue weighted by Gasteiger charge is -2.16. The standard InChI is InChI=1S/C30H24N4O2S2/c35-28(34-30-33-26(20-37-30)21-10-4-1-5-11-21)27(22-12-6-2-7-13-22)38-25-18-16-24(17-19-25)32-29(36)31-23-14-8-3-9-15-23/h1-20,27H,(H2,31,32,36)(H,33,34,35). The van der Waals surface area contributed by atoms with E-state index in [9.17, 15) is 9.59 Å². The molecule has 0 saturated heterocycles. The molecule has 0 aliphatic heterocycles. The highest BCUT2D eigenvalue weighted by Gasteiger charge is 2.23. The van der Waals surface area contributed by atoms with E-state index in [0.717, 1.165) is 21.7 Å². The van der Waals surface area contributed by atoms with Gasteiger partial charge >= 0.3 is 6.03 Å². The number of aromatic nitrogens is 1. The van der Waals surface area contributed by atoms with Gasteiger partial charge in [0.05, 0.1) is 5.69 Å². The summed E-state index contributed by atoms with van der Waals surface area (Å²) < 4.78 is 0. The first-order valence-corrected chi connectivity index (χ1v) is 13.7. The van der Waals surface area contributed by atoms with Crippen molar-refractivity contribution in [3.63, 3.8) is 0 Å². The average Bonchev–Trinajstić information content (AvgIpc) is 3.42. The predicted octanol–water partition coefficient (Wildman–Crippen LogP) is 7.93. The highest BCUT2D eigenvalue weighted by molar-refractivity contribution is 8.00. The van der Waals surface area contributed by atoms with Crippen LogP contribution < -0.4 is 16.0 Å². The van der Waals surface area contributed by atoms with Gasteiger partial charge in [0, 0.05) is 27.2 Å². The molecule has 5 aromatic rings. The fourth-order valence-corrected chi connectivity index (χ4v) is 5.46. The zero-order chi connectivity index (χ0) is 26.2. The van der Waals surface area contributed by atoms with E-state index >= 15 is 0 Å². The van der Waals surface area contributed by atoms with Crippen molar-refractivity contribution in [2.75, 3.05) is 16.0 Å². The number of hydrogen-bond acceptors (Lipinski definition) is 5. The van der Waals surface area contributed by atoms with Crippen molar-refractivity contribution < 1.29 is 9.59 Å². The number of carbonyl (C=O) groups excluding carboxylic acids is 2. The molecule has 1 atom stereocenters. The van der Waals surface area contributed by atoms with E-state index in [2.05, 4.69) is 20.9 Å². The van der Waals surface area contributed by atoms with Crippen molar-refractivity contribution in [1.29, 1.82) is 0 Å². The molecule has 3 amide bonds. The molecule has 1 heterocycles. The monoisotopic (exact) mass is 536 g/mol. The quantitative estimate of drug-likeness (QED) is 0.176. The van der Waals surface area contributed by atoms with E-state index in [1.165, 1.54) is 23.1 Å². The van der Waals surface area contributed by atoms with E-state index in [-0.39, 0.29) is 11.9 Å². The van der Waals surface area contributed by atoms with Crippen LogP contribution in [0.4, 0.5) is 21.3 Å². The Bertz CT molecular complexity index is 1490. The summed E-state index contributed by atoms with van der Waals surface area (Å²) in [5.41, 5.74) is 4.09. The van der Waals surface area contributed by atoms with E-state index in [1.54, 1.807) is 0 Å². The number of carbonyl (C=O) groups is 2. The molecule has 6 nitrogen and oxygen atoms in total. The summed E-state index contributed by atoms with van der Waals surface area (Å²) in [6.07, 6.45) is 0. The van der Waals surface area contributed by atoms with E-state index in [0.29, 0.717) is 16.5 Å². The van der Waals surface area contributed by atoms with Gasteiger partial charge in [0.1, 0.15) is 5.25 Å². The maximum absolute atomic E-state index is 13.4. The van der Waals surface area contributed by atoms with Gasteiger partial charge in [0.15, 0.2) is 5.13 Å². The second-order valence-corrected chi connectivity index (χ2v) is 10.3. The van der Waals surface area contributed by atoms with E-state index in [1.807, 2.05) is 121 Å². The van der Waals surface area contributed by atoms with Crippen molar-refractivity contribution in [2.24, 2.45) is 0 Å². The van der Waals surface area contributed by atoms with Crippen LogP contribution in [0.2, 0.25) is 0 Å². The van der Waals surface area contributed by atoms with Crippen molar-refractivity contribution in [3.8, 4) is 11.3 Å². The molecule has 0 spiro atoms. The minimum Gasteiger partial charge on any atom is -0.308 e. The van der Waals surface area contributed by atoms with Crippen LogP contribution in [0.15, 0.2) is 126 Å². The first-order valence-electron chi connectivity index (χ1n) is 11.9. The number of benzene rings is 4.